The average molecular weight is 260 g/mol. The van der Waals surface area contributed by atoms with Crippen LogP contribution in [0.3, 0.4) is 0 Å². The Bertz CT molecular complexity index is 269. The molecule has 0 saturated heterocycles. The van der Waals surface area contributed by atoms with E-state index in [-0.39, 0.29) is 0 Å². The van der Waals surface area contributed by atoms with Crippen LogP contribution in [0.5, 0.6) is 0 Å². The molecule has 0 bridgehead atoms. The highest BCUT2D eigenvalue weighted by atomic mass is 32.2. The summed E-state index contributed by atoms with van der Waals surface area (Å²) in [4.78, 5) is 22.2. The summed E-state index contributed by atoms with van der Waals surface area (Å²) < 4.78 is 0. The largest absolute Gasteiger partial charge is 0.480 e. The third kappa shape index (κ3) is 8.62. The Morgan fingerprint density at radius 2 is 2.18 bits per heavy atom. The summed E-state index contributed by atoms with van der Waals surface area (Å²) in [7, 11) is 0. The number of carboxylic acid groups (broad SMARTS) is 1. The Kier molecular flexibility index (Phi) is 9.33. The molecule has 0 aromatic carbocycles. The topological polar surface area (TPSA) is 78.4 Å². The molecule has 6 heteroatoms. The van der Waals surface area contributed by atoms with Gasteiger partial charge in [-0.2, -0.15) is 11.8 Å². The van der Waals surface area contributed by atoms with Gasteiger partial charge in [-0.15, -0.1) is 0 Å². The van der Waals surface area contributed by atoms with Gasteiger partial charge < -0.3 is 15.7 Å². The van der Waals surface area contributed by atoms with Gasteiger partial charge in [0.1, 0.15) is 6.04 Å². The second-order valence-corrected chi connectivity index (χ2v) is 4.42. The van der Waals surface area contributed by atoms with Crippen molar-refractivity contribution in [2.45, 2.75) is 25.8 Å². The van der Waals surface area contributed by atoms with Crippen LogP contribution in [-0.4, -0.2) is 41.7 Å². The van der Waals surface area contributed by atoms with Crippen LogP contribution in [0.1, 0.15) is 19.8 Å². The highest BCUT2D eigenvalue weighted by Gasteiger charge is 2.18. The van der Waals surface area contributed by atoms with Gasteiger partial charge in [-0.05, 0) is 31.8 Å². The minimum Gasteiger partial charge on any atom is -0.480 e. The summed E-state index contributed by atoms with van der Waals surface area (Å²) in [5.74, 6) is -0.293. The van der Waals surface area contributed by atoms with Crippen LogP contribution >= 0.6 is 11.8 Å². The van der Waals surface area contributed by atoms with Crippen LogP contribution in [0.4, 0.5) is 4.79 Å². The van der Waals surface area contributed by atoms with Crippen molar-refractivity contribution in [2.24, 2.45) is 0 Å². The lowest BCUT2D eigenvalue weighted by atomic mass is 10.2. The van der Waals surface area contributed by atoms with E-state index in [0.717, 1.165) is 6.42 Å². The molecule has 0 aromatic heterocycles. The number of allylic oxidation sites excluding steroid dienone is 1. The number of nitrogens with one attached hydrogen (secondary N) is 2. The minimum atomic E-state index is -0.998. The van der Waals surface area contributed by atoms with Gasteiger partial charge in [0.15, 0.2) is 0 Å². The van der Waals surface area contributed by atoms with Crippen molar-refractivity contribution in [3.63, 3.8) is 0 Å². The van der Waals surface area contributed by atoms with Gasteiger partial charge in [-0.25, -0.2) is 9.59 Å². The van der Waals surface area contributed by atoms with E-state index in [2.05, 4.69) is 10.6 Å². The summed E-state index contributed by atoms with van der Waals surface area (Å²) in [6.45, 7) is 2.41. The van der Waals surface area contributed by atoms with Crippen LogP contribution in [0, 0.1) is 0 Å². The van der Waals surface area contributed by atoms with Gasteiger partial charge in [0.2, 0.25) is 0 Å². The standard InChI is InChI=1S/C11H20N2O3S/c1-3-4-5-7-12-11(16)13-9(10(14)15)6-8-17-2/h3-4,9H,5-8H2,1-2H3,(H,14,15)(H2,12,13,16)/b4-3+/t9-/m1/s1. The normalized spacial score (nSPS) is 12.4. The molecule has 17 heavy (non-hydrogen) atoms. The monoisotopic (exact) mass is 260 g/mol. The Hall–Kier alpha value is -1.17. The highest BCUT2D eigenvalue weighted by molar-refractivity contribution is 7.98. The first-order valence-electron chi connectivity index (χ1n) is 5.49. The highest BCUT2D eigenvalue weighted by Crippen LogP contribution is 2.00. The number of carbonyl (C=O) groups excluding carboxylic acids is 1. The summed E-state index contributed by atoms with van der Waals surface area (Å²) >= 11 is 1.55. The number of thioether (sulfide) groups is 1. The van der Waals surface area contributed by atoms with Crippen molar-refractivity contribution in [2.75, 3.05) is 18.6 Å². The molecule has 2 amide bonds. The SMILES string of the molecule is C/C=C/CCNC(=O)N[C@H](CCSC)C(=O)O. The van der Waals surface area contributed by atoms with Crippen LogP contribution in [0.2, 0.25) is 0 Å². The van der Waals surface area contributed by atoms with Crippen LogP contribution in [0.15, 0.2) is 12.2 Å². The zero-order chi connectivity index (χ0) is 13.1. The maximum atomic E-state index is 11.4. The second-order valence-electron chi connectivity index (χ2n) is 3.43. The molecule has 0 aliphatic heterocycles. The summed E-state index contributed by atoms with van der Waals surface area (Å²) in [6, 6.07) is -1.24. The fraction of sp³-hybridized carbons (Fsp3) is 0.636. The van der Waals surface area contributed by atoms with Gasteiger partial charge in [0.25, 0.3) is 0 Å². The predicted octanol–water partition coefficient (Wildman–Crippen LogP) is 1.46. The minimum absolute atomic E-state index is 0.428. The van der Waals surface area contributed by atoms with E-state index >= 15 is 0 Å². The van der Waals surface area contributed by atoms with E-state index in [1.807, 2.05) is 25.3 Å². The molecule has 0 heterocycles. The van der Waals surface area contributed by atoms with Crippen molar-refractivity contribution in [3.8, 4) is 0 Å². The molecule has 98 valence electrons. The van der Waals surface area contributed by atoms with E-state index in [1.54, 1.807) is 11.8 Å². The molecule has 3 N–H and O–H groups in total. The lowest BCUT2D eigenvalue weighted by Gasteiger charge is -2.14. The summed E-state index contributed by atoms with van der Waals surface area (Å²) in [5, 5.41) is 13.9. The number of rotatable bonds is 8. The Balaban J connectivity index is 3.90. The molecule has 5 nitrogen and oxygen atoms in total. The Morgan fingerprint density at radius 1 is 1.47 bits per heavy atom. The number of aliphatic carboxylic acids is 1. The number of hydrogen-bond donors (Lipinski definition) is 3. The first-order chi connectivity index (χ1) is 8.11. The third-order valence-corrected chi connectivity index (χ3v) is 2.69. The molecule has 0 aliphatic rings. The second kappa shape index (κ2) is 10.0. The van der Waals surface area contributed by atoms with Crippen molar-refractivity contribution in [1.29, 1.82) is 0 Å². The van der Waals surface area contributed by atoms with Gasteiger partial charge in [-0.1, -0.05) is 12.2 Å². The van der Waals surface area contributed by atoms with Gasteiger partial charge >= 0.3 is 12.0 Å². The third-order valence-electron chi connectivity index (χ3n) is 2.05. The molecule has 1 atom stereocenters. The molecular weight excluding hydrogens is 240 g/mol. The van der Waals surface area contributed by atoms with Crippen molar-refractivity contribution < 1.29 is 14.7 Å². The Labute approximate surface area is 106 Å². The van der Waals surface area contributed by atoms with Crippen LogP contribution in [-0.2, 0) is 4.79 Å². The van der Waals surface area contributed by atoms with Crippen molar-refractivity contribution >= 4 is 23.8 Å². The van der Waals surface area contributed by atoms with Crippen LogP contribution < -0.4 is 10.6 Å². The van der Waals surface area contributed by atoms with E-state index < -0.39 is 18.0 Å². The van der Waals surface area contributed by atoms with Gasteiger partial charge in [-0.3, -0.25) is 0 Å². The van der Waals surface area contributed by atoms with E-state index in [1.165, 1.54) is 0 Å². The lowest BCUT2D eigenvalue weighted by molar-refractivity contribution is -0.139. The van der Waals surface area contributed by atoms with E-state index in [4.69, 9.17) is 5.11 Å². The first kappa shape index (κ1) is 15.8. The van der Waals surface area contributed by atoms with E-state index in [9.17, 15) is 9.59 Å². The predicted molar refractivity (Wildman–Crippen MR) is 70.4 cm³/mol. The zero-order valence-corrected chi connectivity index (χ0v) is 11.0. The van der Waals surface area contributed by atoms with E-state index in [0.29, 0.717) is 18.7 Å². The van der Waals surface area contributed by atoms with Crippen LogP contribution in [0.25, 0.3) is 0 Å². The zero-order valence-electron chi connectivity index (χ0n) is 10.2. The van der Waals surface area contributed by atoms with Crippen molar-refractivity contribution in [1.82, 2.24) is 10.6 Å². The number of hydrogen-bond acceptors (Lipinski definition) is 3. The Morgan fingerprint density at radius 3 is 2.71 bits per heavy atom. The molecule has 0 spiro atoms. The van der Waals surface area contributed by atoms with Crippen molar-refractivity contribution in [3.05, 3.63) is 12.2 Å². The summed E-state index contributed by atoms with van der Waals surface area (Å²) in [6.07, 6.45) is 6.90. The molecule has 0 aliphatic carbocycles. The smallest absolute Gasteiger partial charge is 0.326 e. The number of carboxylic acids is 1. The maximum absolute atomic E-state index is 11.4. The van der Waals surface area contributed by atoms with Gasteiger partial charge in [0, 0.05) is 6.54 Å². The van der Waals surface area contributed by atoms with Gasteiger partial charge in [0.05, 0.1) is 0 Å². The average Bonchev–Trinajstić information content (AvgIpc) is 2.29. The first-order valence-corrected chi connectivity index (χ1v) is 6.88. The fourth-order valence-electron chi connectivity index (χ4n) is 1.14. The fourth-order valence-corrected chi connectivity index (χ4v) is 1.61. The quantitative estimate of drug-likeness (QED) is 0.456. The molecule has 0 fully saturated rings. The molecular formula is C11H20N2O3S. The molecule has 0 rings (SSSR count). The maximum Gasteiger partial charge on any atom is 0.326 e. The lowest BCUT2D eigenvalue weighted by Crippen LogP contribution is -2.46. The molecule has 0 radical (unpaired) electrons. The number of urea groups is 1. The number of amides is 2. The number of carbonyl (C=O) groups is 2. The molecule has 0 unspecified atom stereocenters. The molecule has 0 aromatic rings. The summed E-state index contributed by atoms with van der Waals surface area (Å²) in [5.41, 5.74) is 0. The molecule has 0 saturated carbocycles.